The topological polar surface area (TPSA) is 39.0 Å². The second-order valence-electron chi connectivity index (χ2n) is 4.05. The van der Waals surface area contributed by atoms with Crippen LogP contribution in [-0.4, -0.2) is 20.3 Å². The molecule has 1 aromatic heterocycles. The zero-order chi connectivity index (χ0) is 12.8. The largest absolute Gasteiger partial charge is 0.455 e. The molecule has 0 aliphatic rings. The lowest BCUT2D eigenvalue weighted by Crippen LogP contribution is -2.83. The van der Waals surface area contributed by atoms with Gasteiger partial charge in [0.05, 0.1) is 13.2 Å². The fourth-order valence-corrected chi connectivity index (χ4v) is 1.83. The molecular weight excluding hydrogens is 250 g/mol. The van der Waals surface area contributed by atoms with Gasteiger partial charge in [-0.1, -0.05) is 11.6 Å². The van der Waals surface area contributed by atoms with E-state index in [4.69, 9.17) is 20.8 Å². The van der Waals surface area contributed by atoms with Gasteiger partial charge >= 0.3 is 0 Å². The average molecular weight is 267 g/mol. The van der Waals surface area contributed by atoms with Gasteiger partial charge in [-0.05, 0) is 36.4 Å². The minimum absolute atomic E-state index is 0.735. The van der Waals surface area contributed by atoms with Gasteiger partial charge in [0.15, 0.2) is 5.76 Å². The van der Waals surface area contributed by atoms with Crippen molar-refractivity contribution in [2.75, 3.05) is 20.3 Å². The zero-order valence-corrected chi connectivity index (χ0v) is 11.1. The molecule has 1 heterocycles. The van der Waals surface area contributed by atoms with Crippen molar-refractivity contribution in [3.8, 4) is 11.3 Å². The second-order valence-corrected chi connectivity index (χ2v) is 4.48. The first kappa shape index (κ1) is 13.1. The number of hydrogen-bond donors (Lipinski definition) is 1. The van der Waals surface area contributed by atoms with Gasteiger partial charge in [0.2, 0.25) is 0 Å². The minimum atomic E-state index is 0.735. The number of nitrogens with two attached hydrogens (primary N) is 1. The van der Waals surface area contributed by atoms with Gasteiger partial charge in [0.1, 0.15) is 12.3 Å². The third-order valence-electron chi connectivity index (χ3n) is 2.66. The van der Waals surface area contributed by atoms with E-state index in [9.17, 15) is 0 Å². The molecule has 0 amide bonds. The summed E-state index contributed by atoms with van der Waals surface area (Å²) in [4.78, 5) is 0. The minimum Gasteiger partial charge on any atom is -0.455 e. The summed E-state index contributed by atoms with van der Waals surface area (Å²) in [5, 5.41) is 2.90. The van der Waals surface area contributed by atoms with Gasteiger partial charge in [-0.25, -0.2) is 0 Å². The molecule has 0 saturated carbocycles. The number of rotatable bonds is 6. The van der Waals surface area contributed by atoms with Crippen LogP contribution in [0.5, 0.6) is 0 Å². The molecule has 0 radical (unpaired) electrons. The van der Waals surface area contributed by atoms with E-state index in [0.717, 1.165) is 41.8 Å². The number of methoxy groups -OCH3 is 1. The van der Waals surface area contributed by atoms with Crippen LogP contribution in [0, 0.1) is 0 Å². The van der Waals surface area contributed by atoms with Crippen molar-refractivity contribution in [3.05, 3.63) is 47.2 Å². The molecule has 0 spiro atoms. The summed E-state index contributed by atoms with van der Waals surface area (Å²) in [6.45, 7) is 2.52. The predicted molar refractivity (Wildman–Crippen MR) is 71.5 cm³/mol. The molecule has 0 unspecified atom stereocenters. The van der Waals surface area contributed by atoms with Crippen LogP contribution >= 0.6 is 11.6 Å². The highest BCUT2D eigenvalue weighted by atomic mass is 35.5. The Morgan fingerprint density at radius 3 is 2.67 bits per heavy atom. The maximum absolute atomic E-state index is 5.86. The van der Waals surface area contributed by atoms with Crippen LogP contribution in [0.25, 0.3) is 11.3 Å². The lowest BCUT2D eigenvalue weighted by Gasteiger charge is -1.99. The van der Waals surface area contributed by atoms with Crippen molar-refractivity contribution < 1.29 is 14.5 Å². The Morgan fingerprint density at radius 1 is 1.17 bits per heavy atom. The smallest absolute Gasteiger partial charge is 0.158 e. The van der Waals surface area contributed by atoms with E-state index in [1.807, 2.05) is 36.4 Å². The summed E-state index contributed by atoms with van der Waals surface area (Å²) in [6.07, 6.45) is 0. The van der Waals surface area contributed by atoms with Gasteiger partial charge in [0, 0.05) is 17.7 Å². The third kappa shape index (κ3) is 3.60. The Bertz CT molecular complexity index is 479. The van der Waals surface area contributed by atoms with Crippen molar-refractivity contribution in [2.45, 2.75) is 6.54 Å². The molecule has 2 N–H and O–H groups in total. The number of quaternary nitrogens is 1. The lowest BCUT2D eigenvalue weighted by atomic mass is 10.2. The highest BCUT2D eigenvalue weighted by Crippen LogP contribution is 2.23. The summed E-state index contributed by atoms with van der Waals surface area (Å²) in [7, 11) is 1.71. The number of halogens is 1. The van der Waals surface area contributed by atoms with Gasteiger partial charge in [-0.3, -0.25) is 0 Å². The van der Waals surface area contributed by atoms with Crippen molar-refractivity contribution in [3.63, 3.8) is 0 Å². The van der Waals surface area contributed by atoms with Crippen LogP contribution in [0.4, 0.5) is 0 Å². The summed E-state index contributed by atoms with van der Waals surface area (Å²) in [5.74, 6) is 1.85. The quantitative estimate of drug-likeness (QED) is 0.815. The number of ether oxygens (including phenoxy) is 1. The molecule has 0 saturated heterocycles. The molecular formula is C14H17ClNO2+. The molecule has 0 aliphatic carbocycles. The van der Waals surface area contributed by atoms with Crippen molar-refractivity contribution >= 4 is 11.6 Å². The van der Waals surface area contributed by atoms with E-state index in [1.54, 1.807) is 7.11 Å². The van der Waals surface area contributed by atoms with Crippen molar-refractivity contribution in [1.82, 2.24) is 0 Å². The van der Waals surface area contributed by atoms with Gasteiger partial charge in [-0.2, -0.15) is 0 Å². The first-order chi connectivity index (χ1) is 8.79. The molecule has 3 nitrogen and oxygen atoms in total. The van der Waals surface area contributed by atoms with Crippen LogP contribution in [0.2, 0.25) is 5.02 Å². The molecule has 2 rings (SSSR count). The fraction of sp³-hybridized carbons (Fsp3) is 0.286. The van der Waals surface area contributed by atoms with E-state index in [2.05, 4.69) is 5.32 Å². The number of hydrogen-bond acceptors (Lipinski definition) is 2. The van der Waals surface area contributed by atoms with Crippen LogP contribution in [-0.2, 0) is 11.3 Å². The van der Waals surface area contributed by atoms with Crippen molar-refractivity contribution in [1.29, 1.82) is 0 Å². The zero-order valence-electron chi connectivity index (χ0n) is 10.4. The summed E-state index contributed by atoms with van der Waals surface area (Å²) >= 11 is 5.86. The molecule has 0 bridgehead atoms. The number of benzene rings is 1. The highest BCUT2D eigenvalue weighted by molar-refractivity contribution is 6.30. The van der Waals surface area contributed by atoms with Crippen LogP contribution in [0.1, 0.15) is 5.76 Å². The van der Waals surface area contributed by atoms with Crippen LogP contribution < -0.4 is 5.32 Å². The molecule has 4 heteroatoms. The molecule has 18 heavy (non-hydrogen) atoms. The molecule has 2 aromatic rings. The van der Waals surface area contributed by atoms with Gasteiger partial charge in [-0.15, -0.1) is 0 Å². The summed E-state index contributed by atoms with van der Waals surface area (Å²) in [5.41, 5.74) is 1.04. The Balaban J connectivity index is 1.95. The highest BCUT2D eigenvalue weighted by Gasteiger charge is 2.05. The average Bonchev–Trinajstić information content (AvgIpc) is 2.84. The van der Waals surface area contributed by atoms with E-state index in [0.29, 0.717) is 0 Å². The van der Waals surface area contributed by atoms with Crippen molar-refractivity contribution in [2.24, 2.45) is 0 Å². The Hall–Kier alpha value is -1.29. The van der Waals surface area contributed by atoms with E-state index < -0.39 is 0 Å². The van der Waals surface area contributed by atoms with E-state index >= 15 is 0 Å². The molecule has 0 atom stereocenters. The fourth-order valence-electron chi connectivity index (χ4n) is 1.70. The third-order valence-corrected chi connectivity index (χ3v) is 2.91. The Morgan fingerprint density at radius 2 is 1.94 bits per heavy atom. The monoisotopic (exact) mass is 266 g/mol. The van der Waals surface area contributed by atoms with Crippen LogP contribution in [0.15, 0.2) is 40.8 Å². The lowest BCUT2D eigenvalue weighted by molar-refractivity contribution is -0.673. The first-order valence-electron chi connectivity index (χ1n) is 5.95. The molecule has 0 fully saturated rings. The number of furan rings is 1. The maximum Gasteiger partial charge on any atom is 0.158 e. The van der Waals surface area contributed by atoms with Gasteiger partial charge in [0.25, 0.3) is 0 Å². The first-order valence-corrected chi connectivity index (χ1v) is 6.32. The SMILES string of the molecule is COCC[NH2+]Cc1ccc(-c2ccc(Cl)cc2)o1. The van der Waals surface area contributed by atoms with Crippen LogP contribution in [0.3, 0.4) is 0 Å². The molecule has 1 aromatic carbocycles. The predicted octanol–water partition coefficient (Wildman–Crippen LogP) is 2.31. The normalized spacial score (nSPS) is 10.8. The Labute approximate surface area is 112 Å². The molecule has 0 aliphatic heterocycles. The van der Waals surface area contributed by atoms with E-state index in [-0.39, 0.29) is 0 Å². The standard InChI is InChI=1S/C14H16ClNO2/c1-17-9-8-16-10-13-6-7-14(18-13)11-2-4-12(15)5-3-11/h2-7,16H,8-10H2,1H3/p+1. The summed E-state index contributed by atoms with van der Waals surface area (Å²) in [6, 6.07) is 11.6. The Kier molecular flexibility index (Phi) is 4.81. The van der Waals surface area contributed by atoms with E-state index in [1.165, 1.54) is 0 Å². The molecule has 96 valence electrons. The van der Waals surface area contributed by atoms with Gasteiger partial charge < -0.3 is 14.5 Å². The second kappa shape index (κ2) is 6.59. The summed E-state index contributed by atoms with van der Waals surface area (Å²) < 4.78 is 10.8. The maximum atomic E-state index is 5.86.